The Kier molecular flexibility index (Phi) is 7.15. The average Bonchev–Trinajstić information content (AvgIpc) is 1.98. The van der Waals surface area contributed by atoms with Gasteiger partial charge in [-0.05, 0) is 26.5 Å². The maximum atomic E-state index is 5.41. The molecule has 0 aromatic heterocycles. The average molecular weight is 139 g/mol. The number of hydrogen-bond donors (Lipinski definition) is 0. The van der Waals surface area contributed by atoms with Crippen molar-refractivity contribution in [1.29, 1.82) is 0 Å². The number of hydrogen-bond acceptors (Lipinski definition) is 1. The minimum absolute atomic E-state index is 0.687. The molecule has 0 aliphatic heterocycles. The quantitative estimate of drug-likeness (QED) is 0.399. The van der Waals surface area contributed by atoms with E-state index in [0.717, 1.165) is 6.54 Å². The summed E-state index contributed by atoms with van der Waals surface area (Å²) in [6.07, 6.45) is 6.00. The highest BCUT2D eigenvalue weighted by Gasteiger charge is 1.92. The van der Waals surface area contributed by atoms with Gasteiger partial charge in [0.2, 0.25) is 0 Å². The van der Waals surface area contributed by atoms with Crippen molar-refractivity contribution in [3.63, 3.8) is 0 Å². The summed E-state index contributed by atoms with van der Waals surface area (Å²) < 4.78 is 0. The Balaban J connectivity index is 2.89. The Hall–Kier alpha value is 0.0249. The van der Waals surface area contributed by atoms with Crippen molar-refractivity contribution in [3.8, 4) is 0 Å². The van der Waals surface area contributed by atoms with Gasteiger partial charge in [0.1, 0.15) is 0 Å². The molecule has 1 nitrogen and oxygen atoms in total. The van der Waals surface area contributed by atoms with Gasteiger partial charge in [-0.1, -0.05) is 26.2 Å². The van der Waals surface area contributed by atoms with Crippen LogP contribution < -0.4 is 0 Å². The molecular weight excluding hydrogens is 121 g/mol. The molecule has 0 aliphatic rings. The van der Waals surface area contributed by atoms with Gasteiger partial charge in [-0.15, -0.1) is 0 Å². The highest BCUT2D eigenvalue weighted by atomic mass is 15.1. The zero-order valence-electron chi connectivity index (χ0n) is 7.27. The van der Waals surface area contributed by atoms with Crippen LogP contribution in [0.25, 0.3) is 0 Å². The molecule has 0 saturated heterocycles. The third kappa shape index (κ3) is 6.15. The fourth-order valence-corrected chi connectivity index (χ4v) is 0.900. The van der Waals surface area contributed by atoms with Crippen molar-refractivity contribution < 1.29 is 0 Å². The molecule has 0 atom stereocenters. The lowest BCUT2D eigenvalue weighted by Gasteiger charge is -2.12. The first-order valence-corrected chi connectivity index (χ1v) is 4.20. The van der Waals surface area contributed by atoms with Crippen molar-refractivity contribution in [2.24, 2.45) is 0 Å². The standard InChI is InChI=1S/C8H18BN/c1-3-4-5-6-7-10(2)8-9/h3-8H2,1-2H3. The lowest BCUT2D eigenvalue weighted by atomic mass is 10.1. The van der Waals surface area contributed by atoms with Crippen molar-refractivity contribution in [2.45, 2.75) is 32.6 Å². The smallest absolute Gasteiger partial charge is 0.0863 e. The molecule has 0 heterocycles. The topological polar surface area (TPSA) is 3.24 Å². The summed E-state index contributed by atoms with van der Waals surface area (Å²) in [7, 11) is 7.47. The Labute approximate surface area is 66.2 Å². The molecule has 58 valence electrons. The Morgan fingerprint density at radius 2 is 1.90 bits per heavy atom. The summed E-state index contributed by atoms with van der Waals surface area (Å²) in [5.41, 5.74) is 0. The van der Waals surface area contributed by atoms with Gasteiger partial charge in [0.25, 0.3) is 0 Å². The van der Waals surface area contributed by atoms with Crippen molar-refractivity contribution in [1.82, 2.24) is 4.90 Å². The van der Waals surface area contributed by atoms with Crippen molar-refractivity contribution >= 4 is 7.85 Å². The van der Waals surface area contributed by atoms with Crippen LogP contribution >= 0.6 is 0 Å². The highest BCUT2D eigenvalue weighted by molar-refractivity contribution is 6.08. The summed E-state index contributed by atoms with van der Waals surface area (Å²) >= 11 is 0. The van der Waals surface area contributed by atoms with E-state index in [4.69, 9.17) is 7.85 Å². The summed E-state index contributed by atoms with van der Waals surface area (Å²) in [5.74, 6) is 0. The molecular formula is C8H18BN. The summed E-state index contributed by atoms with van der Waals surface area (Å²) in [6.45, 7) is 3.38. The summed E-state index contributed by atoms with van der Waals surface area (Å²) in [5, 5.41) is 0. The first kappa shape index (κ1) is 10.0. The second kappa shape index (κ2) is 7.14. The van der Waals surface area contributed by atoms with Crippen LogP contribution in [0.15, 0.2) is 0 Å². The van der Waals surface area contributed by atoms with Gasteiger partial charge < -0.3 is 4.90 Å². The molecule has 0 saturated carbocycles. The fourth-order valence-electron chi connectivity index (χ4n) is 0.900. The molecule has 0 aromatic carbocycles. The van der Waals surface area contributed by atoms with E-state index in [2.05, 4.69) is 18.9 Å². The molecule has 0 N–H and O–H groups in total. The predicted octanol–water partition coefficient (Wildman–Crippen LogP) is 1.62. The molecule has 0 aromatic rings. The second-order valence-electron chi connectivity index (χ2n) is 2.82. The second-order valence-corrected chi connectivity index (χ2v) is 2.82. The van der Waals surface area contributed by atoms with E-state index in [0.29, 0.717) is 6.44 Å². The fraction of sp³-hybridized carbons (Fsp3) is 1.00. The molecule has 0 spiro atoms. The zero-order chi connectivity index (χ0) is 7.82. The SMILES string of the molecule is [B]CN(C)CCCCCC. The van der Waals surface area contributed by atoms with E-state index in [-0.39, 0.29) is 0 Å². The summed E-state index contributed by atoms with van der Waals surface area (Å²) in [4.78, 5) is 2.15. The third-order valence-corrected chi connectivity index (χ3v) is 1.71. The maximum absolute atomic E-state index is 5.41. The van der Waals surface area contributed by atoms with E-state index < -0.39 is 0 Å². The van der Waals surface area contributed by atoms with Crippen LogP contribution in [0.2, 0.25) is 0 Å². The van der Waals surface area contributed by atoms with Crippen LogP contribution in [0.1, 0.15) is 32.6 Å². The number of unbranched alkanes of at least 4 members (excludes halogenated alkanes) is 3. The van der Waals surface area contributed by atoms with Crippen LogP contribution in [0.5, 0.6) is 0 Å². The third-order valence-electron chi connectivity index (χ3n) is 1.71. The van der Waals surface area contributed by atoms with E-state index in [1.165, 1.54) is 25.7 Å². The lowest BCUT2D eigenvalue weighted by molar-refractivity contribution is 0.373. The zero-order valence-corrected chi connectivity index (χ0v) is 7.27. The molecule has 0 amide bonds. The van der Waals surface area contributed by atoms with Crippen LogP contribution in [0, 0.1) is 0 Å². The Bertz CT molecular complexity index is 66.3. The molecule has 0 aliphatic carbocycles. The van der Waals surface area contributed by atoms with Gasteiger partial charge >= 0.3 is 0 Å². The van der Waals surface area contributed by atoms with Crippen LogP contribution in [0.4, 0.5) is 0 Å². The van der Waals surface area contributed by atoms with E-state index in [1.54, 1.807) is 0 Å². The van der Waals surface area contributed by atoms with E-state index >= 15 is 0 Å². The minimum Gasteiger partial charge on any atom is -0.315 e. The van der Waals surface area contributed by atoms with E-state index in [1.807, 2.05) is 0 Å². The predicted molar refractivity (Wildman–Crippen MR) is 47.4 cm³/mol. The van der Waals surface area contributed by atoms with E-state index in [9.17, 15) is 0 Å². The van der Waals surface area contributed by atoms with Gasteiger partial charge in [0, 0.05) is 0 Å². The van der Waals surface area contributed by atoms with Gasteiger partial charge in [-0.3, -0.25) is 0 Å². The van der Waals surface area contributed by atoms with Crippen LogP contribution in [0.3, 0.4) is 0 Å². The van der Waals surface area contributed by atoms with Gasteiger partial charge in [-0.2, -0.15) is 0 Å². The van der Waals surface area contributed by atoms with Crippen LogP contribution in [-0.4, -0.2) is 32.8 Å². The largest absolute Gasteiger partial charge is 0.315 e. The lowest BCUT2D eigenvalue weighted by Crippen LogP contribution is -2.20. The first-order chi connectivity index (χ1) is 4.81. The molecule has 2 heteroatoms. The van der Waals surface area contributed by atoms with Crippen molar-refractivity contribution in [3.05, 3.63) is 0 Å². The number of nitrogens with zero attached hydrogens (tertiary/aromatic N) is 1. The molecule has 0 fully saturated rings. The normalized spacial score (nSPS) is 10.7. The minimum atomic E-state index is 0.687. The van der Waals surface area contributed by atoms with Gasteiger partial charge in [-0.25, -0.2) is 0 Å². The van der Waals surface area contributed by atoms with Gasteiger partial charge in [0.15, 0.2) is 0 Å². The number of rotatable bonds is 6. The van der Waals surface area contributed by atoms with Crippen LogP contribution in [-0.2, 0) is 0 Å². The molecule has 2 radical (unpaired) electrons. The molecule has 0 unspecified atom stereocenters. The first-order valence-electron chi connectivity index (χ1n) is 4.20. The Morgan fingerprint density at radius 1 is 1.20 bits per heavy atom. The molecule has 10 heavy (non-hydrogen) atoms. The van der Waals surface area contributed by atoms with Crippen molar-refractivity contribution in [2.75, 3.05) is 20.0 Å². The highest BCUT2D eigenvalue weighted by Crippen LogP contribution is 1.98. The summed E-state index contributed by atoms with van der Waals surface area (Å²) in [6, 6.07) is 0. The Morgan fingerprint density at radius 3 is 2.40 bits per heavy atom. The maximum Gasteiger partial charge on any atom is 0.0863 e. The monoisotopic (exact) mass is 139 g/mol. The molecule has 0 rings (SSSR count). The molecule has 0 bridgehead atoms. The van der Waals surface area contributed by atoms with Gasteiger partial charge in [0.05, 0.1) is 7.85 Å².